The van der Waals surface area contributed by atoms with Crippen LogP contribution in [-0.2, 0) is 6.42 Å². The van der Waals surface area contributed by atoms with Crippen molar-refractivity contribution >= 4 is 5.78 Å². The fourth-order valence-corrected chi connectivity index (χ4v) is 1.95. The van der Waals surface area contributed by atoms with Crippen LogP contribution in [0.4, 0.5) is 4.39 Å². The van der Waals surface area contributed by atoms with Gasteiger partial charge in [0.2, 0.25) is 0 Å². The first kappa shape index (κ1) is 13.3. The summed E-state index contributed by atoms with van der Waals surface area (Å²) in [7, 11) is 0. The van der Waals surface area contributed by atoms with Crippen molar-refractivity contribution in [1.29, 1.82) is 0 Å². The van der Waals surface area contributed by atoms with Gasteiger partial charge in [0.25, 0.3) is 0 Å². The van der Waals surface area contributed by atoms with Crippen molar-refractivity contribution in [2.24, 2.45) is 0 Å². The minimum absolute atomic E-state index is 0.00611. The summed E-state index contributed by atoms with van der Waals surface area (Å²) in [4.78, 5) is 11.5. The maximum Gasteiger partial charge on any atom is 0.166 e. The molecular weight excluding hydrogens is 243 g/mol. The van der Waals surface area contributed by atoms with E-state index < -0.39 is 5.82 Å². The van der Waals surface area contributed by atoms with E-state index in [4.69, 9.17) is 4.74 Å². The van der Waals surface area contributed by atoms with Crippen molar-refractivity contribution in [2.45, 2.75) is 20.3 Å². The second kappa shape index (κ2) is 5.65. The second-order valence-corrected chi connectivity index (χ2v) is 4.23. The van der Waals surface area contributed by atoms with Gasteiger partial charge in [0.1, 0.15) is 17.3 Å². The zero-order chi connectivity index (χ0) is 13.8. The smallest absolute Gasteiger partial charge is 0.166 e. The summed E-state index contributed by atoms with van der Waals surface area (Å²) >= 11 is 0. The maximum absolute atomic E-state index is 13.7. The predicted octanol–water partition coefficient (Wildman–Crippen LogP) is 4.38. The van der Waals surface area contributed by atoms with E-state index >= 15 is 0 Å². The molecule has 0 spiro atoms. The molecule has 19 heavy (non-hydrogen) atoms. The van der Waals surface area contributed by atoms with Gasteiger partial charge in [-0.25, -0.2) is 4.39 Å². The van der Waals surface area contributed by atoms with E-state index in [1.807, 2.05) is 31.2 Å². The summed E-state index contributed by atoms with van der Waals surface area (Å²) in [5.74, 6) is 0.00700. The second-order valence-electron chi connectivity index (χ2n) is 4.23. The minimum Gasteiger partial charge on any atom is -0.456 e. The molecule has 2 rings (SSSR count). The van der Waals surface area contributed by atoms with Crippen LogP contribution in [0.5, 0.6) is 11.5 Å². The first-order chi connectivity index (χ1) is 9.13. The average Bonchev–Trinajstić information content (AvgIpc) is 2.39. The third-order valence-corrected chi connectivity index (χ3v) is 2.90. The monoisotopic (exact) mass is 258 g/mol. The molecule has 0 aliphatic rings. The number of benzene rings is 2. The van der Waals surface area contributed by atoms with E-state index in [0.29, 0.717) is 5.75 Å². The van der Waals surface area contributed by atoms with E-state index in [0.717, 1.165) is 12.0 Å². The van der Waals surface area contributed by atoms with Gasteiger partial charge in [-0.2, -0.15) is 0 Å². The van der Waals surface area contributed by atoms with Crippen LogP contribution in [0.3, 0.4) is 0 Å². The molecule has 0 N–H and O–H groups in total. The Bertz CT molecular complexity index is 605. The molecule has 98 valence electrons. The number of para-hydroxylation sites is 1. The molecule has 0 amide bonds. The Balaban J connectivity index is 2.44. The summed E-state index contributed by atoms with van der Waals surface area (Å²) in [6, 6.07) is 11.9. The molecular formula is C16H15FO2. The highest BCUT2D eigenvalue weighted by atomic mass is 19.1. The topological polar surface area (TPSA) is 26.3 Å². The Kier molecular flexibility index (Phi) is 3.95. The molecule has 0 fully saturated rings. The van der Waals surface area contributed by atoms with Crippen molar-refractivity contribution in [3.63, 3.8) is 0 Å². The molecule has 0 unspecified atom stereocenters. The molecule has 0 heterocycles. The van der Waals surface area contributed by atoms with Gasteiger partial charge >= 0.3 is 0 Å². The molecule has 0 saturated heterocycles. The summed E-state index contributed by atoms with van der Waals surface area (Å²) < 4.78 is 19.4. The number of ketones is 1. The molecule has 2 aromatic rings. The zero-order valence-corrected chi connectivity index (χ0v) is 10.9. The molecule has 3 heteroatoms. The van der Waals surface area contributed by atoms with Crippen LogP contribution in [0.25, 0.3) is 0 Å². The van der Waals surface area contributed by atoms with Gasteiger partial charge < -0.3 is 4.74 Å². The molecule has 0 atom stereocenters. The van der Waals surface area contributed by atoms with Gasteiger partial charge in [0.15, 0.2) is 5.78 Å². The van der Waals surface area contributed by atoms with Gasteiger partial charge in [0, 0.05) is 0 Å². The fourth-order valence-electron chi connectivity index (χ4n) is 1.95. The van der Waals surface area contributed by atoms with E-state index in [9.17, 15) is 9.18 Å². The van der Waals surface area contributed by atoms with Crippen LogP contribution in [0.2, 0.25) is 0 Å². The highest BCUT2D eigenvalue weighted by Gasteiger charge is 2.15. The predicted molar refractivity (Wildman–Crippen MR) is 72.3 cm³/mol. The van der Waals surface area contributed by atoms with Gasteiger partial charge in [0.05, 0.1) is 5.56 Å². The van der Waals surface area contributed by atoms with Crippen molar-refractivity contribution in [3.8, 4) is 11.5 Å². The minimum atomic E-state index is -0.557. The van der Waals surface area contributed by atoms with Crippen LogP contribution >= 0.6 is 0 Å². The van der Waals surface area contributed by atoms with Crippen molar-refractivity contribution < 1.29 is 13.9 Å². The lowest BCUT2D eigenvalue weighted by Crippen LogP contribution is -2.01. The number of ether oxygens (including phenoxy) is 1. The number of rotatable bonds is 4. The Labute approximate surface area is 111 Å². The number of aryl methyl sites for hydroxylation is 1. The van der Waals surface area contributed by atoms with E-state index in [1.165, 1.54) is 19.1 Å². The number of hydrogen-bond donors (Lipinski definition) is 0. The molecule has 0 aromatic heterocycles. The zero-order valence-electron chi connectivity index (χ0n) is 10.9. The van der Waals surface area contributed by atoms with E-state index in [1.54, 1.807) is 6.07 Å². The van der Waals surface area contributed by atoms with Crippen molar-refractivity contribution in [1.82, 2.24) is 0 Å². The fraction of sp³-hybridized carbons (Fsp3) is 0.188. The average molecular weight is 258 g/mol. The van der Waals surface area contributed by atoms with Crippen LogP contribution in [-0.4, -0.2) is 5.78 Å². The maximum atomic E-state index is 13.7. The van der Waals surface area contributed by atoms with Crippen LogP contribution in [0, 0.1) is 5.82 Å². The van der Waals surface area contributed by atoms with Crippen molar-refractivity contribution in [2.75, 3.05) is 0 Å². The van der Waals surface area contributed by atoms with E-state index in [2.05, 4.69) is 0 Å². The van der Waals surface area contributed by atoms with E-state index in [-0.39, 0.29) is 17.1 Å². The molecule has 0 aliphatic heterocycles. The molecule has 2 aromatic carbocycles. The summed E-state index contributed by atoms with van der Waals surface area (Å²) in [6.45, 7) is 3.34. The number of hydrogen-bond acceptors (Lipinski definition) is 2. The Morgan fingerprint density at radius 2 is 1.79 bits per heavy atom. The lowest BCUT2D eigenvalue weighted by Gasteiger charge is -2.12. The number of Topliss-reactive ketones (excluding diaryl/α,β-unsaturated/α-hetero) is 1. The van der Waals surface area contributed by atoms with Gasteiger partial charge in [-0.15, -0.1) is 0 Å². The van der Waals surface area contributed by atoms with Crippen LogP contribution < -0.4 is 4.74 Å². The highest BCUT2D eigenvalue weighted by molar-refractivity contribution is 5.97. The lowest BCUT2D eigenvalue weighted by atomic mass is 10.1. The van der Waals surface area contributed by atoms with Gasteiger partial charge in [-0.05, 0) is 37.1 Å². The van der Waals surface area contributed by atoms with Gasteiger partial charge in [-0.1, -0.05) is 31.2 Å². The third kappa shape index (κ3) is 2.81. The van der Waals surface area contributed by atoms with Crippen LogP contribution in [0.15, 0.2) is 42.5 Å². The third-order valence-electron chi connectivity index (χ3n) is 2.90. The summed E-state index contributed by atoms with van der Waals surface area (Å²) in [5.41, 5.74) is 1.01. The SMILES string of the molecule is CCc1ccccc1Oc1cccc(F)c1C(C)=O. The number of carbonyl (C=O) groups excluding carboxylic acids is 1. The van der Waals surface area contributed by atoms with Crippen molar-refractivity contribution in [3.05, 3.63) is 59.4 Å². The Morgan fingerprint density at radius 3 is 2.47 bits per heavy atom. The summed E-state index contributed by atoms with van der Waals surface area (Å²) in [5, 5.41) is 0. The summed E-state index contributed by atoms with van der Waals surface area (Å²) in [6.07, 6.45) is 0.806. The highest BCUT2D eigenvalue weighted by Crippen LogP contribution is 2.30. The molecule has 0 aliphatic carbocycles. The first-order valence-electron chi connectivity index (χ1n) is 6.18. The number of carbonyl (C=O) groups is 1. The molecule has 2 nitrogen and oxygen atoms in total. The Hall–Kier alpha value is -2.16. The van der Waals surface area contributed by atoms with Crippen LogP contribution in [0.1, 0.15) is 29.8 Å². The first-order valence-corrected chi connectivity index (χ1v) is 6.18. The van der Waals surface area contributed by atoms with Gasteiger partial charge in [-0.3, -0.25) is 4.79 Å². The lowest BCUT2D eigenvalue weighted by molar-refractivity contribution is 0.101. The number of halogens is 1. The largest absolute Gasteiger partial charge is 0.456 e. The standard InChI is InChI=1S/C16H15FO2/c1-3-12-7-4-5-9-14(12)19-15-10-6-8-13(17)16(15)11(2)18/h4-10H,3H2,1-2H3. The molecule has 0 bridgehead atoms. The molecule has 0 radical (unpaired) electrons. The Morgan fingerprint density at radius 1 is 1.11 bits per heavy atom. The quantitative estimate of drug-likeness (QED) is 0.760. The molecule has 0 saturated carbocycles. The normalized spacial score (nSPS) is 10.3.